The second kappa shape index (κ2) is 9.55. The molecule has 0 bridgehead atoms. The number of rotatable bonds is 9. The van der Waals surface area contributed by atoms with Crippen LogP contribution in [0.5, 0.6) is 11.6 Å². The SMILES string of the molecule is C#CCOc1nc(Nc2cccc(OC[C@@H](O)CN3CCC3)c2)ncc1Br. The molecular weight excluding hydrogens is 412 g/mol. The zero-order valence-electron chi connectivity index (χ0n) is 14.8. The molecule has 1 aliphatic rings. The highest BCUT2D eigenvalue weighted by atomic mass is 79.9. The molecule has 1 saturated heterocycles. The van der Waals surface area contributed by atoms with E-state index in [4.69, 9.17) is 15.9 Å². The maximum atomic E-state index is 10.0. The van der Waals surface area contributed by atoms with Crippen molar-refractivity contribution in [2.45, 2.75) is 12.5 Å². The molecule has 2 N–H and O–H groups in total. The fraction of sp³-hybridized carbons (Fsp3) is 0.368. The Kier molecular flexibility index (Phi) is 6.87. The zero-order valence-corrected chi connectivity index (χ0v) is 16.4. The number of β-amino-alcohol motifs (C(OH)–C–C–N with tert-alkyl or cyclic N) is 1. The van der Waals surface area contributed by atoms with Crippen LogP contribution in [0.3, 0.4) is 0 Å². The van der Waals surface area contributed by atoms with Gasteiger partial charge in [-0.05, 0) is 47.6 Å². The van der Waals surface area contributed by atoms with E-state index < -0.39 is 6.10 Å². The highest BCUT2D eigenvalue weighted by Gasteiger charge is 2.17. The monoisotopic (exact) mass is 432 g/mol. The smallest absolute Gasteiger partial charge is 0.233 e. The Morgan fingerprint density at radius 1 is 1.37 bits per heavy atom. The summed E-state index contributed by atoms with van der Waals surface area (Å²) in [5.41, 5.74) is 0.759. The van der Waals surface area contributed by atoms with Crippen molar-refractivity contribution in [2.75, 3.05) is 38.2 Å². The zero-order chi connectivity index (χ0) is 19.1. The van der Waals surface area contributed by atoms with Gasteiger partial charge in [0, 0.05) is 18.3 Å². The molecule has 0 saturated carbocycles. The summed E-state index contributed by atoms with van der Waals surface area (Å²) in [6.07, 6.45) is 7.50. The number of nitrogens with one attached hydrogen (secondary N) is 1. The first-order valence-electron chi connectivity index (χ1n) is 8.63. The van der Waals surface area contributed by atoms with Crippen molar-refractivity contribution in [2.24, 2.45) is 0 Å². The highest BCUT2D eigenvalue weighted by molar-refractivity contribution is 9.10. The minimum absolute atomic E-state index is 0.123. The molecular formula is C19H21BrN4O3. The Hall–Kier alpha value is -2.34. The van der Waals surface area contributed by atoms with Crippen LogP contribution in [0.1, 0.15) is 6.42 Å². The first-order valence-corrected chi connectivity index (χ1v) is 9.42. The summed E-state index contributed by atoms with van der Waals surface area (Å²) in [4.78, 5) is 10.7. The van der Waals surface area contributed by atoms with Crippen molar-refractivity contribution in [3.05, 3.63) is 34.9 Å². The van der Waals surface area contributed by atoms with Crippen LogP contribution >= 0.6 is 15.9 Å². The normalized spacial score (nSPS) is 14.7. The molecule has 1 aromatic carbocycles. The van der Waals surface area contributed by atoms with Crippen LogP contribution in [0.25, 0.3) is 0 Å². The van der Waals surface area contributed by atoms with E-state index in [1.165, 1.54) is 6.42 Å². The number of benzene rings is 1. The van der Waals surface area contributed by atoms with E-state index in [9.17, 15) is 5.11 Å². The molecule has 0 amide bonds. The van der Waals surface area contributed by atoms with Crippen LogP contribution in [-0.4, -0.2) is 58.9 Å². The standard InChI is InChI=1S/C19H21BrN4O3/c1-2-9-26-18-17(20)11-21-19(23-18)22-14-5-3-6-16(10-14)27-13-15(25)12-24-7-4-8-24/h1,3,5-6,10-11,15,25H,4,7-9,12-13H2,(H,21,22,23)/t15-/m0/s1. The topological polar surface area (TPSA) is 79.7 Å². The van der Waals surface area contributed by atoms with Crippen molar-refractivity contribution in [1.29, 1.82) is 0 Å². The lowest BCUT2D eigenvalue weighted by Gasteiger charge is -2.32. The number of aliphatic hydroxyl groups is 1. The van der Waals surface area contributed by atoms with Gasteiger partial charge in [0.2, 0.25) is 11.8 Å². The van der Waals surface area contributed by atoms with Gasteiger partial charge in [0.1, 0.15) is 18.5 Å². The molecule has 1 atom stereocenters. The number of ether oxygens (including phenoxy) is 2. The molecule has 2 aromatic rings. The van der Waals surface area contributed by atoms with Gasteiger partial charge in [-0.25, -0.2) is 4.98 Å². The average molecular weight is 433 g/mol. The minimum atomic E-state index is -0.507. The number of aromatic nitrogens is 2. The molecule has 8 heteroatoms. The molecule has 1 fully saturated rings. The van der Waals surface area contributed by atoms with E-state index in [-0.39, 0.29) is 13.2 Å². The predicted octanol–water partition coefficient (Wildman–Crippen LogP) is 2.44. The summed E-state index contributed by atoms with van der Waals surface area (Å²) >= 11 is 3.32. The molecule has 2 heterocycles. The minimum Gasteiger partial charge on any atom is -0.491 e. The van der Waals surface area contributed by atoms with Crippen molar-refractivity contribution >= 4 is 27.6 Å². The van der Waals surface area contributed by atoms with Crippen LogP contribution in [0.2, 0.25) is 0 Å². The molecule has 0 aliphatic carbocycles. The second-order valence-corrected chi connectivity index (χ2v) is 6.97. The van der Waals surface area contributed by atoms with Gasteiger partial charge in [-0.3, -0.25) is 0 Å². The maximum absolute atomic E-state index is 10.0. The Bertz CT molecular complexity index is 808. The lowest BCUT2D eigenvalue weighted by atomic mass is 10.2. The maximum Gasteiger partial charge on any atom is 0.233 e. The van der Waals surface area contributed by atoms with Crippen LogP contribution in [-0.2, 0) is 0 Å². The van der Waals surface area contributed by atoms with E-state index in [0.717, 1.165) is 18.8 Å². The molecule has 1 aliphatic heterocycles. The number of hydrogen-bond acceptors (Lipinski definition) is 7. The van der Waals surface area contributed by atoms with E-state index in [1.807, 2.05) is 24.3 Å². The summed E-state index contributed by atoms with van der Waals surface area (Å²) in [7, 11) is 0. The number of aliphatic hydroxyl groups excluding tert-OH is 1. The third-order valence-corrected chi connectivity index (χ3v) is 4.50. The summed E-state index contributed by atoms with van der Waals surface area (Å²) < 4.78 is 11.7. The van der Waals surface area contributed by atoms with Gasteiger partial charge in [0.25, 0.3) is 0 Å². The molecule has 1 aromatic heterocycles. The predicted molar refractivity (Wildman–Crippen MR) is 106 cm³/mol. The number of hydrogen-bond donors (Lipinski definition) is 2. The van der Waals surface area contributed by atoms with E-state index in [2.05, 4.69) is 42.0 Å². The Morgan fingerprint density at radius 2 is 2.22 bits per heavy atom. The number of terminal acetylenes is 1. The van der Waals surface area contributed by atoms with Gasteiger partial charge in [-0.1, -0.05) is 12.0 Å². The summed E-state index contributed by atoms with van der Waals surface area (Å²) in [6, 6.07) is 7.39. The van der Waals surface area contributed by atoms with Crippen molar-refractivity contribution in [3.63, 3.8) is 0 Å². The number of nitrogens with zero attached hydrogens (tertiary/aromatic N) is 3. The average Bonchev–Trinajstić information content (AvgIpc) is 2.64. The lowest BCUT2D eigenvalue weighted by molar-refractivity contribution is 0.0467. The Labute approximate surface area is 166 Å². The van der Waals surface area contributed by atoms with Gasteiger partial charge in [0.15, 0.2) is 6.61 Å². The first kappa shape index (κ1) is 19.4. The van der Waals surface area contributed by atoms with Crippen LogP contribution in [0.4, 0.5) is 11.6 Å². The summed E-state index contributed by atoms with van der Waals surface area (Å²) in [5, 5.41) is 13.1. The lowest BCUT2D eigenvalue weighted by Crippen LogP contribution is -2.43. The van der Waals surface area contributed by atoms with Gasteiger partial charge < -0.3 is 24.8 Å². The van der Waals surface area contributed by atoms with Crippen molar-refractivity contribution in [3.8, 4) is 24.0 Å². The fourth-order valence-electron chi connectivity index (χ4n) is 2.52. The molecule has 7 nitrogen and oxygen atoms in total. The van der Waals surface area contributed by atoms with Crippen LogP contribution < -0.4 is 14.8 Å². The fourth-order valence-corrected chi connectivity index (χ4v) is 2.83. The Morgan fingerprint density at radius 3 is 2.96 bits per heavy atom. The highest BCUT2D eigenvalue weighted by Crippen LogP contribution is 2.25. The number of anilines is 2. The Balaban J connectivity index is 1.57. The van der Waals surface area contributed by atoms with Crippen molar-refractivity contribution in [1.82, 2.24) is 14.9 Å². The molecule has 142 valence electrons. The summed E-state index contributed by atoms with van der Waals surface area (Å²) in [5.74, 6) is 3.80. The third-order valence-electron chi connectivity index (χ3n) is 3.95. The molecule has 0 spiro atoms. The number of halogens is 1. The molecule has 0 radical (unpaired) electrons. The van der Waals surface area contributed by atoms with Crippen LogP contribution in [0.15, 0.2) is 34.9 Å². The number of likely N-dealkylation sites (tertiary alicyclic amines) is 1. The quantitative estimate of drug-likeness (QED) is 0.588. The molecule has 3 rings (SSSR count). The van der Waals surface area contributed by atoms with Crippen LogP contribution in [0, 0.1) is 12.3 Å². The van der Waals surface area contributed by atoms with Gasteiger partial charge >= 0.3 is 0 Å². The van der Waals surface area contributed by atoms with Gasteiger partial charge in [0.05, 0.1) is 10.7 Å². The van der Waals surface area contributed by atoms with E-state index in [0.29, 0.717) is 28.6 Å². The molecule has 0 unspecified atom stereocenters. The van der Waals surface area contributed by atoms with E-state index >= 15 is 0 Å². The van der Waals surface area contributed by atoms with Gasteiger partial charge in [-0.15, -0.1) is 6.42 Å². The molecule has 27 heavy (non-hydrogen) atoms. The largest absolute Gasteiger partial charge is 0.491 e. The van der Waals surface area contributed by atoms with E-state index in [1.54, 1.807) is 6.20 Å². The van der Waals surface area contributed by atoms with Crippen molar-refractivity contribution < 1.29 is 14.6 Å². The summed E-state index contributed by atoms with van der Waals surface area (Å²) in [6.45, 7) is 3.12. The first-order chi connectivity index (χ1) is 13.1. The second-order valence-electron chi connectivity index (χ2n) is 6.11. The third kappa shape index (κ3) is 5.82. The van der Waals surface area contributed by atoms with Gasteiger partial charge in [-0.2, -0.15) is 4.98 Å².